The van der Waals surface area contributed by atoms with Crippen molar-refractivity contribution in [1.29, 1.82) is 5.26 Å². The summed E-state index contributed by atoms with van der Waals surface area (Å²) in [5.74, 6) is -0.156. The van der Waals surface area contributed by atoms with Gasteiger partial charge in [0.05, 0.1) is 11.4 Å². The highest BCUT2D eigenvalue weighted by Gasteiger charge is 2.14. The number of benzene rings is 3. The zero-order chi connectivity index (χ0) is 20.9. The van der Waals surface area contributed by atoms with Gasteiger partial charge in [0.1, 0.15) is 11.6 Å². The lowest BCUT2D eigenvalue weighted by atomic mass is 10.1. The van der Waals surface area contributed by atoms with E-state index in [0.29, 0.717) is 11.3 Å². The molecule has 1 amide bonds. The Bertz CT molecular complexity index is 1320. The Hall–Kier alpha value is -3.89. The summed E-state index contributed by atoms with van der Waals surface area (Å²) >= 11 is 1.11. The van der Waals surface area contributed by atoms with Crippen LogP contribution in [0.1, 0.15) is 5.56 Å². The van der Waals surface area contributed by atoms with E-state index in [9.17, 15) is 14.9 Å². The third-order valence-electron chi connectivity index (χ3n) is 4.46. The van der Waals surface area contributed by atoms with Crippen LogP contribution in [0.5, 0.6) is 0 Å². The normalized spacial score (nSPS) is 10.5. The topological polar surface area (TPSA) is 98.6 Å². The minimum Gasteiger partial charge on any atom is -0.325 e. The summed E-state index contributed by atoms with van der Waals surface area (Å²) in [7, 11) is 0. The molecule has 7 heteroatoms. The molecule has 1 heterocycles. The number of nitrogens with zero attached hydrogens (tertiary/aromatic N) is 2. The van der Waals surface area contributed by atoms with Gasteiger partial charge in [-0.25, -0.2) is 4.98 Å². The number of hydrogen-bond donors (Lipinski definition) is 2. The first-order chi connectivity index (χ1) is 14.7. The largest absolute Gasteiger partial charge is 0.325 e. The lowest BCUT2D eigenvalue weighted by Crippen LogP contribution is -2.17. The van der Waals surface area contributed by atoms with Gasteiger partial charge in [0, 0.05) is 16.6 Å². The maximum atomic E-state index is 12.5. The molecule has 0 atom stereocenters. The van der Waals surface area contributed by atoms with Gasteiger partial charge in [-0.15, -0.1) is 0 Å². The summed E-state index contributed by atoms with van der Waals surface area (Å²) in [6.45, 7) is 0. The van der Waals surface area contributed by atoms with Crippen LogP contribution in [0.25, 0.3) is 22.0 Å². The van der Waals surface area contributed by atoms with Gasteiger partial charge in [-0.3, -0.25) is 9.59 Å². The number of aromatic amines is 1. The van der Waals surface area contributed by atoms with E-state index in [1.165, 1.54) is 0 Å². The smallest absolute Gasteiger partial charge is 0.270 e. The van der Waals surface area contributed by atoms with Crippen LogP contribution in [-0.2, 0) is 4.79 Å². The van der Waals surface area contributed by atoms with Gasteiger partial charge in [0.15, 0.2) is 5.16 Å². The molecule has 4 aromatic rings. The summed E-state index contributed by atoms with van der Waals surface area (Å²) < 4.78 is 0. The lowest BCUT2D eigenvalue weighted by molar-refractivity contribution is -0.113. The van der Waals surface area contributed by atoms with Gasteiger partial charge >= 0.3 is 0 Å². The van der Waals surface area contributed by atoms with E-state index in [0.717, 1.165) is 28.2 Å². The summed E-state index contributed by atoms with van der Waals surface area (Å²) in [4.78, 5) is 31.8. The van der Waals surface area contributed by atoms with Crippen LogP contribution in [0.2, 0.25) is 0 Å². The molecule has 1 aromatic heterocycles. The molecule has 0 bridgehead atoms. The second-order valence-electron chi connectivity index (χ2n) is 6.44. The van der Waals surface area contributed by atoms with E-state index in [4.69, 9.17) is 0 Å². The SMILES string of the molecule is N#Cc1c(-c2ccccc2)nc(SCC(=O)Nc2cccc3ccccc23)[nH]c1=O. The average Bonchev–Trinajstić information content (AvgIpc) is 2.78. The van der Waals surface area contributed by atoms with Gasteiger partial charge in [0.2, 0.25) is 5.91 Å². The summed E-state index contributed by atoms with van der Waals surface area (Å²) in [6, 6.07) is 24.4. The Kier molecular flexibility index (Phi) is 5.59. The Balaban J connectivity index is 1.54. The number of carbonyl (C=O) groups excluding carboxylic acids is 1. The fraction of sp³-hybridized carbons (Fsp3) is 0.0435. The quantitative estimate of drug-likeness (QED) is 0.378. The number of aromatic nitrogens is 2. The third-order valence-corrected chi connectivity index (χ3v) is 5.33. The van der Waals surface area contributed by atoms with Crippen molar-refractivity contribution in [2.75, 3.05) is 11.1 Å². The van der Waals surface area contributed by atoms with Gasteiger partial charge in [-0.2, -0.15) is 5.26 Å². The maximum absolute atomic E-state index is 12.5. The number of rotatable bonds is 5. The number of thioether (sulfide) groups is 1. The Morgan fingerprint density at radius 2 is 1.77 bits per heavy atom. The maximum Gasteiger partial charge on any atom is 0.270 e. The van der Waals surface area contributed by atoms with Crippen molar-refractivity contribution in [2.45, 2.75) is 5.16 Å². The molecule has 6 nitrogen and oxygen atoms in total. The monoisotopic (exact) mass is 412 g/mol. The number of anilines is 1. The number of amides is 1. The summed E-state index contributed by atoms with van der Waals surface area (Å²) in [5.41, 5.74) is 1.13. The summed E-state index contributed by atoms with van der Waals surface area (Å²) in [6.07, 6.45) is 0. The summed E-state index contributed by atoms with van der Waals surface area (Å²) in [5, 5.41) is 14.5. The van der Waals surface area contributed by atoms with E-state index in [1.807, 2.05) is 66.7 Å². The van der Waals surface area contributed by atoms with E-state index >= 15 is 0 Å². The van der Waals surface area contributed by atoms with Gasteiger partial charge in [-0.05, 0) is 11.5 Å². The van der Waals surface area contributed by atoms with Crippen LogP contribution in [0.3, 0.4) is 0 Å². The first kappa shape index (κ1) is 19.4. The number of hydrogen-bond acceptors (Lipinski definition) is 5. The van der Waals surface area contributed by atoms with Crippen molar-refractivity contribution in [1.82, 2.24) is 9.97 Å². The molecule has 0 radical (unpaired) electrons. The highest BCUT2D eigenvalue weighted by molar-refractivity contribution is 7.99. The van der Waals surface area contributed by atoms with Crippen molar-refractivity contribution in [3.63, 3.8) is 0 Å². The number of carbonyl (C=O) groups is 1. The van der Waals surface area contributed by atoms with Crippen molar-refractivity contribution >= 4 is 34.1 Å². The molecule has 3 aromatic carbocycles. The van der Waals surface area contributed by atoms with Gasteiger partial charge < -0.3 is 10.3 Å². The fourth-order valence-corrected chi connectivity index (χ4v) is 3.74. The molecule has 0 unspecified atom stereocenters. The van der Waals surface area contributed by atoms with Gasteiger partial charge in [0.25, 0.3) is 5.56 Å². The van der Waals surface area contributed by atoms with Crippen molar-refractivity contribution < 1.29 is 4.79 Å². The van der Waals surface area contributed by atoms with Crippen LogP contribution >= 0.6 is 11.8 Å². The minimum absolute atomic E-state index is 0.0502. The van der Waals surface area contributed by atoms with Gasteiger partial charge in [-0.1, -0.05) is 78.5 Å². The molecular formula is C23H16N4O2S. The highest BCUT2D eigenvalue weighted by Crippen LogP contribution is 2.24. The first-order valence-electron chi connectivity index (χ1n) is 9.16. The molecule has 0 spiro atoms. The third kappa shape index (κ3) is 4.09. The van der Waals surface area contributed by atoms with E-state index in [2.05, 4.69) is 15.3 Å². The molecule has 0 fully saturated rings. The Labute approximate surface area is 176 Å². The van der Waals surface area contributed by atoms with Crippen LogP contribution in [-0.4, -0.2) is 21.6 Å². The molecule has 0 aliphatic carbocycles. The lowest BCUT2D eigenvalue weighted by Gasteiger charge is -2.09. The molecule has 30 heavy (non-hydrogen) atoms. The zero-order valence-electron chi connectivity index (χ0n) is 15.8. The Morgan fingerprint density at radius 3 is 2.57 bits per heavy atom. The van der Waals surface area contributed by atoms with Crippen molar-refractivity contribution in [3.8, 4) is 17.3 Å². The zero-order valence-corrected chi connectivity index (χ0v) is 16.6. The average molecular weight is 412 g/mol. The second-order valence-corrected chi connectivity index (χ2v) is 7.40. The second kappa shape index (κ2) is 8.64. The van der Waals surface area contributed by atoms with Crippen LogP contribution in [0.4, 0.5) is 5.69 Å². The molecule has 2 N–H and O–H groups in total. The Morgan fingerprint density at radius 1 is 1.03 bits per heavy atom. The number of H-pyrrole nitrogens is 1. The highest BCUT2D eigenvalue weighted by atomic mass is 32.2. The van der Waals surface area contributed by atoms with E-state index in [1.54, 1.807) is 12.1 Å². The van der Waals surface area contributed by atoms with E-state index < -0.39 is 5.56 Å². The standard InChI is InChI=1S/C23H16N4O2S/c24-13-18-21(16-8-2-1-3-9-16)26-23(27-22(18)29)30-14-20(28)25-19-12-6-10-15-7-4-5-11-17(15)19/h1-12H,14H2,(H,25,28)(H,26,27,29). The van der Waals surface area contributed by atoms with Crippen LogP contribution in [0, 0.1) is 11.3 Å². The predicted octanol–water partition coefficient (Wildman–Crippen LogP) is 4.19. The van der Waals surface area contributed by atoms with Crippen LogP contribution < -0.4 is 10.9 Å². The molecule has 4 rings (SSSR count). The number of nitriles is 1. The first-order valence-corrected chi connectivity index (χ1v) is 10.1. The number of nitrogens with one attached hydrogen (secondary N) is 2. The van der Waals surface area contributed by atoms with Crippen molar-refractivity contribution in [2.24, 2.45) is 0 Å². The predicted molar refractivity (Wildman–Crippen MR) is 118 cm³/mol. The van der Waals surface area contributed by atoms with E-state index in [-0.39, 0.29) is 22.4 Å². The molecule has 0 aliphatic rings. The fourth-order valence-electron chi connectivity index (χ4n) is 3.08. The molecule has 146 valence electrons. The molecule has 0 saturated carbocycles. The minimum atomic E-state index is -0.525. The number of fused-ring (bicyclic) bond motifs is 1. The molecule has 0 saturated heterocycles. The molecule has 0 aliphatic heterocycles. The van der Waals surface area contributed by atoms with Crippen molar-refractivity contribution in [3.05, 3.63) is 88.7 Å². The molecular weight excluding hydrogens is 396 g/mol. The van der Waals surface area contributed by atoms with Crippen LogP contribution in [0.15, 0.2) is 82.7 Å².